The Morgan fingerprint density at radius 3 is 2.58 bits per heavy atom. The molecule has 5 nitrogen and oxygen atoms in total. The molecule has 24 heavy (non-hydrogen) atoms. The highest BCUT2D eigenvalue weighted by Crippen LogP contribution is 2.20. The van der Waals surface area contributed by atoms with Crippen molar-refractivity contribution in [3.8, 4) is 5.75 Å². The molecule has 2 aromatic rings. The van der Waals surface area contributed by atoms with Crippen molar-refractivity contribution in [1.29, 1.82) is 0 Å². The molecule has 0 aliphatic carbocycles. The number of hydrogen-bond acceptors (Lipinski definition) is 5. The molecule has 1 N–H and O–H groups in total. The summed E-state index contributed by atoms with van der Waals surface area (Å²) >= 11 is 0. The number of benzene rings is 1. The molecule has 1 fully saturated rings. The van der Waals surface area contributed by atoms with Crippen molar-refractivity contribution in [2.45, 2.75) is 26.3 Å². The van der Waals surface area contributed by atoms with Crippen LogP contribution < -0.4 is 10.1 Å². The fourth-order valence-corrected chi connectivity index (χ4v) is 3.14. The van der Waals surface area contributed by atoms with Gasteiger partial charge in [-0.25, -0.2) is 9.97 Å². The summed E-state index contributed by atoms with van der Waals surface area (Å²) in [4.78, 5) is 10.9. The molecule has 1 aromatic heterocycles. The molecule has 0 radical (unpaired) electrons. The van der Waals surface area contributed by atoms with Crippen LogP contribution in [0.15, 0.2) is 36.7 Å². The first kappa shape index (κ1) is 16.7. The lowest BCUT2D eigenvalue weighted by molar-refractivity contribution is 0.182. The first-order chi connectivity index (χ1) is 11.7. The number of hydrogen-bond donors (Lipinski definition) is 1. The highest BCUT2D eigenvalue weighted by atomic mass is 16.5. The van der Waals surface area contributed by atoms with E-state index in [1.54, 1.807) is 13.4 Å². The average Bonchev–Trinajstić information content (AvgIpc) is 2.62. The van der Waals surface area contributed by atoms with E-state index in [1.807, 2.05) is 25.1 Å². The zero-order valence-corrected chi connectivity index (χ0v) is 14.5. The van der Waals surface area contributed by atoms with E-state index in [0.29, 0.717) is 5.92 Å². The lowest BCUT2D eigenvalue weighted by Gasteiger charge is -2.32. The summed E-state index contributed by atoms with van der Waals surface area (Å²) in [5.41, 5.74) is 2.35. The highest BCUT2D eigenvalue weighted by Gasteiger charge is 2.19. The van der Waals surface area contributed by atoms with Crippen LogP contribution in [0.4, 0.5) is 5.82 Å². The second-order valence-corrected chi connectivity index (χ2v) is 6.49. The van der Waals surface area contributed by atoms with E-state index >= 15 is 0 Å². The molecule has 0 unspecified atom stereocenters. The quantitative estimate of drug-likeness (QED) is 0.884. The van der Waals surface area contributed by atoms with Crippen LogP contribution in [-0.4, -0.2) is 41.6 Å². The maximum absolute atomic E-state index is 5.21. The third kappa shape index (κ3) is 4.68. The fourth-order valence-electron chi connectivity index (χ4n) is 3.14. The number of likely N-dealkylation sites (tertiary alicyclic amines) is 1. The van der Waals surface area contributed by atoms with Crippen molar-refractivity contribution in [2.24, 2.45) is 5.92 Å². The average molecular weight is 326 g/mol. The monoisotopic (exact) mass is 326 g/mol. The number of piperidine rings is 1. The molecule has 0 bridgehead atoms. The van der Waals surface area contributed by atoms with Crippen LogP contribution in [0, 0.1) is 12.8 Å². The van der Waals surface area contributed by atoms with Gasteiger partial charge in [0, 0.05) is 24.8 Å². The lowest BCUT2D eigenvalue weighted by atomic mass is 9.96. The van der Waals surface area contributed by atoms with E-state index in [9.17, 15) is 0 Å². The van der Waals surface area contributed by atoms with Gasteiger partial charge in [-0.05, 0) is 56.5 Å². The largest absolute Gasteiger partial charge is 0.497 e. The maximum Gasteiger partial charge on any atom is 0.129 e. The highest BCUT2D eigenvalue weighted by molar-refractivity contribution is 5.34. The van der Waals surface area contributed by atoms with Crippen molar-refractivity contribution in [3.05, 3.63) is 47.9 Å². The number of methoxy groups -OCH3 is 1. The zero-order chi connectivity index (χ0) is 16.8. The van der Waals surface area contributed by atoms with Crippen molar-refractivity contribution in [2.75, 3.05) is 32.1 Å². The van der Waals surface area contributed by atoms with Gasteiger partial charge in [0.15, 0.2) is 0 Å². The molecule has 1 saturated heterocycles. The van der Waals surface area contributed by atoms with Crippen LogP contribution in [0.25, 0.3) is 0 Å². The van der Waals surface area contributed by atoms with E-state index in [4.69, 9.17) is 4.74 Å². The summed E-state index contributed by atoms with van der Waals surface area (Å²) in [6.07, 6.45) is 4.08. The Balaban J connectivity index is 1.42. The van der Waals surface area contributed by atoms with Gasteiger partial charge in [-0.2, -0.15) is 0 Å². The molecule has 0 amide bonds. The summed E-state index contributed by atoms with van der Waals surface area (Å²) in [6.45, 7) is 6.31. The molecule has 1 aromatic carbocycles. The first-order valence-corrected chi connectivity index (χ1v) is 8.61. The van der Waals surface area contributed by atoms with Crippen molar-refractivity contribution < 1.29 is 4.74 Å². The number of nitrogens with zero attached hydrogens (tertiary/aromatic N) is 3. The van der Waals surface area contributed by atoms with E-state index in [-0.39, 0.29) is 0 Å². The van der Waals surface area contributed by atoms with Gasteiger partial charge in [-0.15, -0.1) is 0 Å². The predicted octanol–water partition coefficient (Wildman–Crippen LogP) is 3.12. The summed E-state index contributed by atoms with van der Waals surface area (Å²) in [5.74, 6) is 2.57. The van der Waals surface area contributed by atoms with E-state index in [2.05, 4.69) is 32.3 Å². The zero-order valence-electron chi connectivity index (χ0n) is 14.5. The van der Waals surface area contributed by atoms with Gasteiger partial charge in [-0.3, -0.25) is 4.90 Å². The number of ether oxygens (including phenoxy) is 1. The molecule has 0 atom stereocenters. The van der Waals surface area contributed by atoms with Gasteiger partial charge >= 0.3 is 0 Å². The van der Waals surface area contributed by atoms with Gasteiger partial charge in [-0.1, -0.05) is 12.1 Å². The van der Waals surface area contributed by atoms with Crippen molar-refractivity contribution in [3.63, 3.8) is 0 Å². The Labute approximate surface area is 144 Å². The minimum atomic E-state index is 0.715. The SMILES string of the molecule is COc1ccc(CN2CCC(CNc3cc(C)ncn3)CC2)cc1. The van der Waals surface area contributed by atoms with Crippen molar-refractivity contribution >= 4 is 5.82 Å². The minimum absolute atomic E-state index is 0.715. The van der Waals surface area contributed by atoms with Gasteiger partial charge in [0.25, 0.3) is 0 Å². The molecular formula is C19H26N4O. The topological polar surface area (TPSA) is 50.3 Å². The second-order valence-electron chi connectivity index (χ2n) is 6.49. The summed E-state index contributed by atoms with van der Waals surface area (Å²) in [5, 5.41) is 3.45. The third-order valence-electron chi connectivity index (χ3n) is 4.65. The third-order valence-corrected chi connectivity index (χ3v) is 4.65. The Bertz CT molecular complexity index is 636. The summed E-state index contributed by atoms with van der Waals surface area (Å²) < 4.78 is 5.21. The molecule has 5 heteroatoms. The number of anilines is 1. The number of nitrogens with one attached hydrogen (secondary N) is 1. The minimum Gasteiger partial charge on any atom is -0.497 e. The van der Waals surface area contributed by atoms with E-state index in [0.717, 1.165) is 43.4 Å². The van der Waals surface area contributed by atoms with E-state index in [1.165, 1.54) is 18.4 Å². The van der Waals surface area contributed by atoms with E-state index < -0.39 is 0 Å². The molecular weight excluding hydrogens is 300 g/mol. The Morgan fingerprint density at radius 2 is 1.92 bits per heavy atom. The van der Waals surface area contributed by atoms with Crippen LogP contribution >= 0.6 is 0 Å². The fraction of sp³-hybridized carbons (Fsp3) is 0.474. The molecule has 0 spiro atoms. The van der Waals surface area contributed by atoms with Crippen LogP contribution in [0.3, 0.4) is 0 Å². The van der Waals surface area contributed by atoms with Crippen LogP contribution in [-0.2, 0) is 6.54 Å². The number of rotatable bonds is 6. The van der Waals surface area contributed by atoms with Crippen LogP contribution in [0.5, 0.6) is 5.75 Å². The predicted molar refractivity (Wildman–Crippen MR) is 96.3 cm³/mol. The Morgan fingerprint density at radius 1 is 1.17 bits per heavy atom. The van der Waals surface area contributed by atoms with Crippen molar-refractivity contribution in [1.82, 2.24) is 14.9 Å². The Hall–Kier alpha value is -2.14. The van der Waals surface area contributed by atoms with Gasteiger partial charge in [0.05, 0.1) is 7.11 Å². The van der Waals surface area contributed by atoms with Gasteiger partial charge < -0.3 is 10.1 Å². The first-order valence-electron chi connectivity index (χ1n) is 8.61. The molecule has 3 rings (SSSR count). The van der Waals surface area contributed by atoms with Gasteiger partial charge in [0.1, 0.15) is 17.9 Å². The smallest absolute Gasteiger partial charge is 0.129 e. The second kappa shape index (κ2) is 8.11. The normalized spacial score (nSPS) is 16.1. The number of aryl methyl sites for hydroxylation is 1. The van der Waals surface area contributed by atoms with Crippen LogP contribution in [0.2, 0.25) is 0 Å². The maximum atomic E-state index is 5.21. The molecule has 0 saturated carbocycles. The summed E-state index contributed by atoms with van der Waals surface area (Å²) in [7, 11) is 1.70. The lowest BCUT2D eigenvalue weighted by Crippen LogP contribution is -2.35. The molecule has 1 aliphatic heterocycles. The molecule has 1 aliphatic rings. The summed E-state index contributed by atoms with van der Waals surface area (Å²) in [6, 6.07) is 10.4. The standard InChI is InChI=1S/C19H26N4O/c1-15-11-19(22-14-21-15)20-12-16-7-9-23(10-8-16)13-17-3-5-18(24-2)6-4-17/h3-6,11,14,16H,7-10,12-13H2,1-2H3,(H,20,21,22). The van der Waals surface area contributed by atoms with Crippen LogP contribution in [0.1, 0.15) is 24.1 Å². The Kier molecular flexibility index (Phi) is 5.64. The number of aromatic nitrogens is 2. The molecule has 2 heterocycles. The molecule has 128 valence electrons. The van der Waals surface area contributed by atoms with Gasteiger partial charge in [0.2, 0.25) is 0 Å².